The van der Waals surface area contributed by atoms with Crippen molar-refractivity contribution in [3.8, 4) is 0 Å². The van der Waals surface area contributed by atoms with Crippen molar-refractivity contribution >= 4 is 6.09 Å². The SMILES string of the molecule is CC(C)(C)OC(=O)N1[C@H](O)C[C@@H]2C[C@@H]21. The largest absolute Gasteiger partial charge is 0.444 e. The van der Waals surface area contributed by atoms with E-state index in [1.807, 2.05) is 20.8 Å². The molecule has 0 radical (unpaired) electrons. The summed E-state index contributed by atoms with van der Waals surface area (Å²) in [4.78, 5) is 13.1. The van der Waals surface area contributed by atoms with Crippen LogP contribution < -0.4 is 0 Å². The van der Waals surface area contributed by atoms with Gasteiger partial charge in [0.05, 0.1) is 0 Å². The number of aliphatic hydroxyl groups excluding tert-OH is 1. The number of aliphatic hydroxyl groups is 1. The molecule has 3 atom stereocenters. The molecular weight excluding hydrogens is 182 g/mol. The summed E-state index contributed by atoms with van der Waals surface area (Å²) >= 11 is 0. The molecule has 4 heteroatoms. The molecule has 0 unspecified atom stereocenters. The lowest BCUT2D eigenvalue weighted by Crippen LogP contribution is -2.41. The lowest BCUT2D eigenvalue weighted by molar-refractivity contribution is -0.0222. The number of carbonyl (C=O) groups excluding carboxylic acids is 1. The van der Waals surface area contributed by atoms with Crippen molar-refractivity contribution in [3.63, 3.8) is 0 Å². The Morgan fingerprint density at radius 3 is 2.50 bits per heavy atom. The highest BCUT2D eigenvalue weighted by Crippen LogP contribution is 2.47. The summed E-state index contributed by atoms with van der Waals surface area (Å²) in [5, 5.41) is 9.58. The fraction of sp³-hybridized carbons (Fsp3) is 0.900. The first-order valence-corrected chi connectivity index (χ1v) is 5.08. The maximum absolute atomic E-state index is 11.7. The Kier molecular flexibility index (Phi) is 2.00. The minimum Gasteiger partial charge on any atom is -0.444 e. The summed E-state index contributed by atoms with van der Waals surface area (Å²) in [6, 6.07) is 0.236. The molecule has 0 aromatic heterocycles. The van der Waals surface area contributed by atoms with Gasteiger partial charge in [-0.1, -0.05) is 0 Å². The van der Waals surface area contributed by atoms with Crippen LogP contribution in [0.5, 0.6) is 0 Å². The Hall–Kier alpha value is -0.770. The molecule has 2 fully saturated rings. The third-order valence-electron chi connectivity index (χ3n) is 2.68. The summed E-state index contributed by atoms with van der Waals surface area (Å²) < 4.78 is 5.22. The maximum Gasteiger partial charge on any atom is 0.412 e. The van der Waals surface area contributed by atoms with E-state index in [-0.39, 0.29) is 12.1 Å². The molecule has 1 N–H and O–H groups in total. The number of fused-ring (bicyclic) bond motifs is 1. The van der Waals surface area contributed by atoms with Gasteiger partial charge in [-0.25, -0.2) is 4.79 Å². The Morgan fingerprint density at radius 2 is 2.07 bits per heavy atom. The number of carbonyl (C=O) groups is 1. The average molecular weight is 199 g/mol. The Morgan fingerprint density at radius 1 is 1.43 bits per heavy atom. The standard InChI is InChI=1S/C10H17NO3/c1-10(2,3)14-9(13)11-7-4-6(7)5-8(11)12/h6-8,12H,4-5H2,1-3H3/t6-,7-,8+/m0/s1. The summed E-state index contributed by atoms with van der Waals surface area (Å²) in [5.74, 6) is 0.512. The lowest BCUT2D eigenvalue weighted by atomic mass is 10.2. The number of hydrogen-bond acceptors (Lipinski definition) is 3. The monoisotopic (exact) mass is 199 g/mol. The summed E-state index contributed by atoms with van der Waals surface area (Å²) in [6.45, 7) is 5.49. The number of rotatable bonds is 0. The summed E-state index contributed by atoms with van der Waals surface area (Å²) in [7, 11) is 0. The third-order valence-corrected chi connectivity index (χ3v) is 2.68. The van der Waals surface area contributed by atoms with Gasteiger partial charge >= 0.3 is 6.09 Å². The summed E-state index contributed by atoms with van der Waals surface area (Å²) in [6.07, 6.45) is 0.726. The fourth-order valence-corrected chi connectivity index (χ4v) is 2.00. The second-order valence-corrected chi connectivity index (χ2v) is 5.17. The molecule has 2 rings (SSSR count). The van der Waals surface area contributed by atoms with Gasteiger partial charge in [0, 0.05) is 6.04 Å². The zero-order chi connectivity index (χ0) is 10.5. The molecule has 0 aromatic carbocycles. The van der Waals surface area contributed by atoms with Crippen LogP contribution in [0.1, 0.15) is 33.6 Å². The van der Waals surface area contributed by atoms with Gasteiger partial charge < -0.3 is 9.84 Å². The highest BCUT2D eigenvalue weighted by molar-refractivity contribution is 5.70. The van der Waals surface area contributed by atoms with Crippen LogP contribution in [0.3, 0.4) is 0 Å². The van der Waals surface area contributed by atoms with E-state index >= 15 is 0 Å². The third kappa shape index (κ3) is 1.71. The molecule has 0 bridgehead atoms. The predicted molar refractivity (Wildman–Crippen MR) is 50.6 cm³/mol. The first kappa shape index (κ1) is 9.77. The number of ether oxygens (including phenoxy) is 1. The molecule has 1 saturated heterocycles. The minimum absolute atomic E-state index is 0.236. The van der Waals surface area contributed by atoms with Gasteiger partial charge in [-0.05, 0) is 39.5 Å². The summed E-state index contributed by atoms with van der Waals surface area (Å²) in [5.41, 5.74) is -0.482. The number of likely N-dealkylation sites (tertiary alicyclic amines) is 1. The normalized spacial score (nSPS) is 35.4. The van der Waals surface area contributed by atoms with E-state index in [1.165, 1.54) is 4.90 Å². The Bertz CT molecular complexity index is 257. The van der Waals surface area contributed by atoms with Crippen LogP contribution in [0.4, 0.5) is 4.79 Å². The Labute approximate surface area is 83.8 Å². The molecule has 0 spiro atoms. The van der Waals surface area contributed by atoms with Crippen LogP contribution in [0.15, 0.2) is 0 Å². The van der Waals surface area contributed by atoms with Gasteiger partial charge in [-0.3, -0.25) is 4.90 Å². The van der Waals surface area contributed by atoms with Gasteiger partial charge in [-0.2, -0.15) is 0 Å². The molecule has 1 aliphatic heterocycles. The van der Waals surface area contributed by atoms with Gasteiger partial charge in [0.25, 0.3) is 0 Å². The van der Waals surface area contributed by atoms with Gasteiger partial charge in [0.1, 0.15) is 11.8 Å². The van der Waals surface area contributed by atoms with Crippen molar-refractivity contribution in [2.45, 2.75) is 51.5 Å². The molecule has 1 heterocycles. The predicted octanol–water partition coefficient (Wildman–Crippen LogP) is 1.33. The smallest absolute Gasteiger partial charge is 0.412 e. The number of amides is 1. The van der Waals surface area contributed by atoms with Crippen molar-refractivity contribution in [1.82, 2.24) is 4.90 Å². The van der Waals surface area contributed by atoms with Crippen LogP contribution in [0.2, 0.25) is 0 Å². The number of hydrogen-bond donors (Lipinski definition) is 1. The van der Waals surface area contributed by atoms with Crippen LogP contribution >= 0.6 is 0 Å². The molecular formula is C10H17NO3. The van der Waals surface area contributed by atoms with E-state index in [4.69, 9.17) is 4.74 Å². The molecule has 1 saturated carbocycles. The molecule has 80 valence electrons. The molecule has 14 heavy (non-hydrogen) atoms. The van der Waals surface area contributed by atoms with Crippen molar-refractivity contribution in [2.24, 2.45) is 5.92 Å². The quantitative estimate of drug-likeness (QED) is 0.640. The van der Waals surface area contributed by atoms with Crippen LogP contribution in [0, 0.1) is 5.92 Å². The highest BCUT2D eigenvalue weighted by Gasteiger charge is 2.54. The number of nitrogens with zero attached hydrogens (tertiary/aromatic N) is 1. The van der Waals surface area contributed by atoms with E-state index in [0.29, 0.717) is 12.3 Å². The first-order valence-electron chi connectivity index (χ1n) is 5.08. The molecule has 1 amide bonds. The molecule has 4 nitrogen and oxygen atoms in total. The molecule has 0 aromatic rings. The van der Waals surface area contributed by atoms with Crippen molar-refractivity contribution < 1.29 is 14.6 Å². The van der Waals surface area contributed by atoms with Crippen LogP contribution in [0.25, 0.3) is 0 Å². The molecule has 2 aliphatic rings. The van der Waals surface area contributed by atoms with E-state index in [2.05, 4.69) is 0 Å². The highest BCUT2D eigenvalue weighted by atomic mass is 16.6. The van der Waals surface area contributed by atoms with E-state index in [0.717, 1.165) is 6.42 Å². The van der Waals surface area contributed by atoms with Gasteiger partial charge in [0.2, 0.25) is 0 Å². The van der Waals surface area contributed by atoms with Crippen LogP contribution in [-0.2, 0) is 4.74 Å². The van der Waals surface area contributed by atoms with Crippen molar-refractivity contribution in [2.75, 3.05) is 0 Å². The Balaban J connectivity index is 1.98. The van der Waals surface area contributed by atoms with Gasteiger partial charge in [0.15, 0.2) is 0 Å². The minimum atomic E-state index is -0.631. The zero-order valence-corrected chi connectivity index (χ0v) is 8.86. The zero-order valence-electron chi connectivity index (χ0n) is 8.86. The molecule has 1 aliphatic carbocycles. The van der Waals surface area contributed by atoms with E-state index < -0.39 is 11.8 Å². The second-order valence-electron chi connectivity index (χ2n) is 5.17. The first-order chi connectivity index (χ1) is 6.38. The van der Waals surface area contributed by atoms with Crippen molar-refractivity contribution in [3.05, 3.63) is 0 Å². The fourth-order valence-electron chi connectivity index (χ4n) is 2.00. The van der Waals surface area contributed by atoms with E-state index in [1.54, 1.807) is 0 Å². The van der Waals surface area contributed by atoms with Crippen LogP contribution in [-0.4, -0.2) is 34.0 Å². The van der Waals surface area contributed by atoms with E-state index in [9.17, 15) is 9.90 Å². The second kappa shape index (κ2) is 2.86. The van der Waals surface area contributed by atoms with Gasteiger partial charge in [-0.15, -0.1) is 0 Å². The number of piperidine rings is 1. The maximum atomic E-state index is 11.7. The topological polar surface area (TPSA) is 49.8 Å². The average Bonchev–Trinajstić information content (AvgIpc) is 2.58. The van der Waals surface area contributed by atoms with Crippen molar-refractivity contribution in [1.29, 1.82) is 0 Å². The lowest BCUT2D eigenvalue weighted by Gasteiger charge is -2.27.